The van der Waals surface area contributed by atoms with Crippen molar-refractivity contribution in [3.8, 4) is 6.07 Å². The molecule has 144 valence electrons. The van der Waals surface area contributed by atoms with E-state index in [0.717, 1.165) is 63.2 Å². The Bertz CT molecular complexity index is 783. The quantitative estimate of drug-likeness (QED) is 0.831. The van der Waals surface area contributed by atoms with Crippen LogP contribution in [0.1, 0.15) is 29.7 Å². The van der Waals surface area contributed by atoms with E-state index >= 15 is 0 Å². The van der Waals surface area contributed by atoms with Gasteiger partial charge in [-0.15, -0.1) is 24.8 Å². The maximum absolute atomic E-state index is 9.88. The molecule has 4 rings (SSSR count). The monoisotopic (exact) mass is 405 g/mol. The first-order valence-electron chi connectivity index (χ1n) is 9.08. The van der Waals surface area contributed by atoms with Gasteiger partial charge in [0.1, 0.15) is 12.1 Å². The molecule has 1 aromatic carbocycles. The van der Waals surface area contributed by atoms with Gasteiger partial charge in [-0.1, -0.05) is 30.3 Å². The van der Waals surface area contributed by atoms with Crippen molar-refractivity contribution in [1.29, 1.82) is 5.26 Å². The lowest BCUT2D eigenvalue weighted by Gasteiger charge is -2.39. The summed E-state index contributed by atoms with van der Waals surface area (Å²) < 4.78 is 0. The molecule has 1 saturated heterocycles. The lowest BCUT2D eigenvalue weighted by molar-refractivity contribution is 0.413. The maximum Gasteiger partial charge on any atom is 0.135 e. The molecule has 0 saturated carbocycles. The fraction of sp³-hybridized carbons (Fsp3) is 0.450. The Morgan fingerprint density at radius 2 is 1.70 bits per heavy atom. The SMILES string of the molecule is Cl.Cl.N#CC1(c2ccccc2)CCN(c2ncnc3c2CCNCC3)CC1. The number of fused-ring (bicyclic) bond motifs is 1. The van der Waals surface area contributed by atoms with Crippen LogP contribution in [-0.2, 0) is 18.3 Å². The minimum absolute atomic E-state index is 0. The highest BCUT2D eigenvalue weighted by Gasteiger charge is 2.37. The second-order valence-electron chi connectivity index (χ2n) is 6.92. The minimum atomic E-state index is -0.372. The van der Waals surface area contributed by atoms with Gasteiger partial charge in [0.25, 0.3) is 0 Å². The molecule has 0 radical (unpaired) electrons. The number of anilines is 1. The van der Waals surface area contributed by atoms with E-state index in [2.05, 4.69) is 38.4 Å². The fourth-order valence-electron chi connectivity index (χ4n) is 4.05. The number of rotatable bonds is 2. The van der Waals surface area contributed by atoms with Gasteiger partial charge in [-0.3, -0.25) is 0 Å². The first-order chi connectivity index (χ1) is 12.3. The summed E-state index contributed by atoms with van der Waals surface area (Å²) in [6.45, 7) is 3.68. The summed E-state index contributed by atoms with van der Waals surface area (Å²) in [7, 11) is 0. The van der Waals surface area contributed by atoms with Crippen LogP contribution in [0.25, 0.3) is 0 Å². The fourth-order valence-corrected chi connectivity index (χ4v) is 4.05. The van der Waals surface area contributed by atoms with Crippen molar-refractivity contribution >= 4 is 30.6 Å². The molecule has 1 aromatic heterocycles. The summed E-state index contributed by atoms with van der Waals surface area (Å²) in [5.74, 6) is 1.08. The van der Waals surface area contributed by atoms with Crippen molar-refractivity contribution in [3.63, 3.8) is 0 Å². The number of nitrogens with one attached hydrogen (secondary N) is 1. The summed E-state index contributed by atoms with van der Waals surface area (Å²) in [4.78, 5) is 11.5. The number of hydrogen-bond donors (Lipinski definition) is 1. The van der Waals surface area contributed by atoms with Crippen molar-refractivity contribution in [1.82, 2.24) is 15.3 Å². The predicted molar refractivity (Wildman–Crippen MR) is 112 cm³/mol. The van der Waals surface area contributed by atoms with E-state index in [4.69, 9.17) is 0 Å². The van der Waals surface area contributed by atoms with E-state index in [9.17, 15) is 5.26 Å². The average molecular weight is 406 g/mol. The van der Waals surface area contributed by atoms with Gasteiger partial charge in [0.2, 0.25) is 0 Å². The number of piperidine rings is 1. The van der Waals surface area contributed by atoms with E-state index in [-0.39, 0.29) is 30.2 Å². The molecule has 27 heavy (non-hydrogen) atoms. The molecule has 0 atom stereocenters. The van der Waals surface area contributed by atoms with E-state index in [1.165, 1.54) is 11.3 Å². The molecule has 1 N–H and O–H groups in total. The molecule has 3 heterocycles. The van der Waals surface area contributed by atoms with Crippen molar-refractivity contribution < 1.29 is 0 Å². The highest BCUT2D eigenvalue weighted by atomic mass is 35.5. The van der Waals surface area contributed by atoms with E-state index in [1.807, 2.05) is 18.2 Å². The van der Waals surface area contributed by atoms with Crippen molar-refractivity contribution in [2.75, 3.05) is 31.1 Å². The van der Waals surface area contributed by atoms with Gasteiger partial charge in [0.05, 0.1) is 17.2 Å². The van der Waals surface area contributed by atoms with Gasteiger partial charge in [-0.2, -0.15) is 5.26 Å². The summed E-state index contributed by atoms with van der Waals surface area (Å²) in [5.41, 5.74) is 3.23. The van der Waals surface area contributed by atoms with Crippen molar-refractivity contribution in [3.05, 3.63) is 53.5 Å². The van der Waals surface area contributed by atoms with Crippen LogP contribution in [-0.4, -0.2) is 36.1 Å². The lowest BCUT2D eigenvalue weighted by Crippen LogP contribution is -2.42. The molecule has 0 unspecified atom stereocenters. The normalized spacial score (nSPS) is 18.1. The largest absolute Gasteiger partial charge is 0.356 e. The zero-order chi connectivity index (χ0) is 17.1. The first-order valence-corrected chi connectivity index (χ1v) is 9.08. The zero-order valence-corrected chi connectivity index (χ0v) is 16.9. The molecule has 0 spiro atoms. The number of aromatic nitrogens is 2. The minimum Gasteiger partial charge on any atom is -0.356 e. The van der Waals surface area contributed by atoms with Crippen LogP contribution in [0.3, 0.4) is 0 Å². The van der Waals surface area contributed by atoms with Gasteiger partial charge < -0.3 is 10.2 Å². The lowest BCUT2D eigenvalue weighted by atomic mass is 9.74. The molecule has 0 aliphatic carbocycles. The number of nitriles is 1. The molecule has 1 fully saturated rings. The van der Waals surface area contributed by atoms with Crippen LogP contribution in [0.2, 0.25) is 0 Å². The summed E-state index contributed by atoms with van der Waals surface area (Å²) in [6.07, 6.45) is 5.31. The maximum atomic E-state index is 9.88. The molecular weight excluding hydrogens is 381 g/mol. The first kappa shape index (κ1) is 21.4. The van der Waals surface area contributed by atoms with E-state index in [1.54, 1.807) is 6.33 Å². The Kier molecular flexibility index (Phi) is 7.43. The molecule has 0 bridgehead atoms. The number of hydrogen-bond acceptors (Lipinski definition) is 5. The third-order valence-corrected chi connectivity index (χ3v) is 5.56. The van der Waals surface area contributed by atoms with Gasteiger partial charge >= 0.3 is 0 Å². The van der Waals surface area contributed by atoms with Crippen LogP contribution >= 0.6 is 24.8 Å². The predicted octanol–water partition coefficient (Wildman–Crippen LogP) is 3.07. The van der Waals surface area contributed by atoms with E-state index < -0.39 is 0 Å². The van der Waals surface area contributed by atoms with E-state index in [0.29, 0.717) is 0 Å². The summed E-state index contributed by atoms with van der Waals surface area (Å²) in [6, 6.07) is 12.8. The number of benzene rings is 1. The second-order valence-corrected chi connectivity index (χ2v) is 6.92. The standard InChI is InChI=1S/C20H23N5.2ClH/c21-14-20(16-4-2-1-3-5-16)8-12-25(13-9-20)19-17-6-10-22-11-7-18(17)23-15-24-19;;/h1-5,15,22H,6-13H2;2*1H. The Labute approximate surface area is 173 Å². The molecule has 0 amide bonds. The molecule has 5 nitrogen and oxygen atoms in total. The van der Waals surface area contributed by atoms with Crippen LogP contribution in [0.4, 0.5) is 5.82 Å². The average Bonchev–Trinajstić information content (AvgIpc) is 2.94. The highest BCUT2D eigenvalue weighted by molar-refractivity contribution is 5.85. The van der Waals surface area contributed by atoms with Gasteiger partial charge in [0.15, 0.2) is 0 Å². The molecule has 2 aliphatic rings. The van der Waals surface area contributed by atoms with Crippen LogP contribution in [0.5, 0.6) is 0 Å². The summed E-state index contributed by atoms with van der Waals surface area (Å²) in [5, 5.41) is 13.3. The Morgan fingerprint density at radius 1 is 1.00 bits per heavy atom. The third-order valence-electron chi connectivity index (χ3n) is 5.56. The summed E-state index contributed by atoms with van der Waals surface area (Å²) >= 11 is 0. The third kappa shape index (κ3) is 4.19. The Balaban J connectivity index is 0.00000131. The zero-order valence-electron chi connectivity index (χ0n) is 15.2. The van der Waals surface area contributed by atoms with Crippen LogP contribution in [0.15, 0.2) is 36.7 Å². The number of nitrogens with zero attached hydrogens (tertiary/aromatic N) is 4. The molecule has 2 aliphatic heterocycles. The van der Waals surface area contributed by atoms with Crippen LogP contribution in [0, 0.1) is 11.3 Å². The van der Waals surface area contributed by atoms with Gasteiger partial charge in [-0.05, 0) is 31.4 Å². The second kappa shape index (κ2) is 9.36. The molecule has 2 aromatic rings. The van der Waals surface area contributed by atoms with Crippen LogP contribution < -0.4 is 10.2 Å². The highest BCUT2D eigenvalue weighted by Crippen LogP contribution is 2.37. The molecular formula is C20H25Cl2N5. The van der Waals surface area contributed by atoms with Gasteiger partial charge in [0, 0.05) is 31.6 Å². The number of halogens is 2. The van der Waals surface area contributed by atoms with Crippen molar-refractivity contribution in [2.45, 2.75) is 31.1 Å². The molecule has 7 heteroatoms. The smallest absolute Gasteiger partial charge is 0.135 e. The Morgan fingerprint density at radius 3 is 2.41 bits per heavy atom. The van der Waals surface area contributed by atoms with Crippen molar-refractivity contribution in [2.24, 2.45) is 0 Å². The topological polar surface area (TPSA) is 64.8 Å². The Hall–Kier alpha value is -1.87. The van der Waals surface area contributed by atoms with Gasteiger partial charge in [-0.25, -0.2) is 9.97 Å².